The number of carbonyl (C=O) groups excluding carboxylic acids is 2. The summed E-state index contributed by atoms with van der Waals surface area (Å²) in [7, 11) is 0. The van der Waals surface area contributed by atoms with Crippen molar-refractivity contribution in [1.29, 1.82) is 0 Å². The molecule has 0 saturated carbocycles. The Morgan fingerprint density at radius 1 is 1.47 bits per heavy atom. The molecular formula is C12H14BrNO3. The lowest BCUT2D eigenvalue weighted by Gasteiger charge is -2.07. The number of hydrogen-bond acceptors (Lipinski definition) is 4. The van der Waals surface area contributed by atoms with Crippen molar-refractivity contribution in [3.05, 3.63) is 30.1 Å². The summed E-state index contributed by atoms with van der Waals surface area (Å²) in [6.07, 6.45) is 2.20. The van der Waals surface area contributed by atoms with Crippen LogP contribution in [0.2, 0.25) is 0 Å². The van der Waals surface area contributed by atoms with E-state index in [-0.39, 0.29) is 18.2 Å². The zero-order chi connectivity index (χ0) is 12.7. The fraction of sp³-hybridized carbons (Fsp3) is 0.417. The molecule has 1 rings (SSSR count). The van der Waals surface area contributed by atoms with Gasteiger partial charge in [-0.3, -0.25) is 14.6 Å². The zero-order valence-corrected chi connectivity index (χ0v) is 11.1. The first-order valence-electron chi connectivity index (χ1n) is 5.40. The van der Waals surface area contributed by atoms with Crippen molar-refractivity contribution < 1.29 is 14.3 Å². The van der Waals surface area contributed by atoms with Gasteiger partial charge in [-0.2, -0.15) is 0 Å². The minimum absolute atomic E-state index is 0.116. The van der Waals surface area contributed by atoms with E-state index in [1.807, 2.05) is 0 Å². The first-order valence-corrected chi connectivity index (χ1v) is 6.31. The number of carbonyl (C=O) groups is 2. The van der Waals surface area contributed by atoms with Crippen LogP contribution in [0.4, 0.5) is 0 Å². The second-order valence-electron chi connectivity index (χ2n) is 3.39. The maximum Gasteiger partial charge on any atom is 0.305 e. The van der Waals surface area contributed by atoms with Gasteiger partial charge in [0.2, 0.25) is 0 Å². The summed E-state index contributed by atoms with van der Waals surface area (Å²) in [4.78, 5) is 26.6. The largest absolute Gasteiger partial charge is 0.466 e. The Kier molecular flexibility index (Phi) is 5.83. The summed E-state index contributed by atoms with van der Waals surface area (Å²) < 4.78 is 4.79. The molecule has 0 saturated heterocycles. The quantitative estimate of drug-likeness (QED) is 0.460. The standard InChI is InChI=1S/C12H14BrNO3/c1-2-17-11(15)7-6-9(13)12(16)10-5-3-4-8-14-10/h3-5,8-9H,2,6-7H2,1H3. The van der Waals surface area contributed by atoms with Crippen molar-refractivity contribution in [2.45, 2.75) is 24.6 Å². The summed E-state index contributed by atoms with van der Waals surface area (Å²) in [6, 6.07) is 5.16. The van der Waals surface area contributed by atoms with Crippen LogP contribution < -0.4 is 0 Å². The van der Waals surface area contributed by atoms with Crippen LogP contribution in [0.15, 0.2) is 24.4 Å². The Morgan fingerprint density at radius 3 is 2.82 bits per heavy atom. The summed E-state index contributed by atoms with van der Waals surface area (Å²) in [5.41, 5.74) is 0.401. The van der Waals surface area contributed by atoms with E-state index in [4.69, 9.17) is 4.74 Å². The van der Waals surface area contributed by atoms with Crippen molar-refractivity contribution in [1.82, 2.24) is 4.98 Å². The molecule has 92 valence electrons. The van der Waals surface area contributed by atoms with Crippen molar-refractivity contribution in [3.63, 3.8) is 0 Å². The van der Waals surface area contributed by atoms with Gasteiger partial charge in [-0.05, 0) is 25.5 Å². The van der Waals surface area contributed by atoms with E-state index in [1.165, 1.54) is 0 Å². The predicted octanol–water partition coefficient (Wildman–Crippen LogP) is 2.37. The van der Waals surface area contributed by atoms with Crippen molar-refractivity contribution in [2.24, 2.45) is 0 Å². The van der Waals surface area contributed by atoms with Gasteiger partial charge in [0.15, 0.2) is 5.78 Å². The minimum Gasteiger partial charge on any atom is -0.466 e. The number of esters is 1. The summed E-state index contributed by atoms with van der Waals surface area (Å²) >= 11 is 3.26. The lowest BCUT2D eigenvalue weighted by Crippen LogP contribution is -2.17. The molecule has 0 N–H and O–H groups in total. The number of Topliss-reactive ketones (excluding diaryl/α,β-unsaturated/α-hetero) is 1. The van der Waals surface area contributed by atoms with E-state index in [9.17, 15) is 9.59 Å². The molecule has 1 aromatic heterocycles. The number of nitrogens with zero attached hydrogens (tertiary/aromatic N) is 1. The molecule has 0 amide bonds. The fourth-order valence-electron chi connectivity index (χ4n) is 1.28. The maximum atomic E-state index is 11.9. The highest BCUT2D eigenvalue weighted by Crippen LogP contribution is 2.14. The number of halogens is 1. The average molecular weight is 300 g/mol. The molecule has 0 radical (unpaired) electrons. The van der Waals surface area contributed by atoms with Crippen LogP contribution in [0, 0.1) is 0 Å². The molecule has 5 heteroatoms. The van der Waals surface area contributed by atoms with Crippen molar-refractivity contribution in [2.75, 3.05) is 6.61 Å². The number of hydrogen-bond donors (Lipinski definition) is 0. The van der Waals surface area contributed by atoms with E-state index in [2.05, 4.69) is 20.9 Å². The maximum absolute atomic E-state index is 11.9. The second-order valence-corrected chi connectivity index (χ2v) is 4.50. The zero-order valence-electron chi connectivity index (χ0n) is 9.56. The van der Waals surface area contributed by atoms with Gasteiger partial charge in [0.05, 0.1) is 11.4 Å². The minimum atomic E-state index is -0.401. The van der Waals surface area contributed by atoms with Crippen LogP contribution in [0.3, 0.4) is 0 Å². The van der Waals surface area contributed by atoms with Crippen molar-refractivity contribution >= 4 is 27.7 Å². The summed E-state index contributed by atoms with van der Waals surface area (Å²) in [5, 5.41) is 0. The first kappa shape index (κ1) is 13.8. The third-order valence-corrected chi connectivity index (χ3v) is 2.98. The molecular weight excluding hydrogens is 286 g/mol. The van der Waals surface area contributed by atoms with Gasteiger partial charge in [-0.1, -0.05) is 22.0 Å². The van der Waals surface area contributed by atoms with Gasteiger partial charge in [0.25, 0.3) is 0 Å². The molecule has 0 aliphatic heterocycles. The van der Waals surface area contributed by atoms with Crippen LogP contribution in [-0.2, 0) is 9.53 Å². The predicted molar refractivity (Wildman–Crippen MR) is 67.1 cm³/mol. The molecule has 17 heavy (non-hydrogen) atoms. The van der Waals surface area contributed by atoms with Gasteiger partial charge in [0, 0.05) is 12.6 Å². The molecule has 0 fully saturated rings. The molecule has 1 aromatic rings. The van der Waals surface area contributed by atoms with Crippen LogP contribution >= 0.6 is 15.9 Å². The third-order valence-electron chi connectivity index (χ3n) is 2.11. The number of ether oxygens (including phenoxy) is 1. The Bertz CT molecular complexity index is 381. The molecule has 1 unspecified atom stereocenters. The highest BCUT2D eigenvalue weighted by atomic mass is 79.9. The monoisotopic (exact) mass is 299 g/mol. The topological polar surface area (TPSA) is 56.3 Å². The summed E-state index contributed by atoms with van der Waals surface area (Å²) in [5.74, 6) is -0.402. The van der Waals surface area contributed by atoms with Crippen LogP contribution in [0.1, 0.15) is 30.3 Å². The highest BCUT2D eigenvalue weighted by Gasteiger charge is 2.19. The van der Waals surface area contributed by atoms with E-state index in [0.717, 1.165) is 0 Å². The number of rotatable bonds is 6. The van der Waals surface area contributed by atoms with Crippen LogP contribution in [0.25, 0.3) is 0 Å². The van der Waals surface area contributed by atoms with E-state index in [0.29, 0.717) is 18.7 Å². The Morgan fingerprint density at radius 2 is 2.24 bits per heavy atom. The van der Waals surface area contributed by atoms with Crippen molar-refractivity contribution in [3.8, 4) is 0 Å². The molecule has 1 heterocycles. The number of ketones is 1. The third kappa shape index (κ3) is 4.65. The molecule has 1 atom stereocenters. The molecule has 0 bridgehead atoms. The number of alkyl halides is 1. The van der Waals surface area contributed by atoms with E-state index in [1.54, 1.807) is 31.3 Å². The van der Waals surface area contributed by atoms with Gasteiger partial charge in [-0.15, -0.1) is 0 Å². The Labute approximate surface area is 109 Å². The second kappa shape index (κ2) is 7.17. The van der Waals surface area contributed by atoms with Gasteiger partial charge in [-0.25, -0.2) is 0 Å². The lowest BCUT2D eigenvalue weighted by molar-refractivity contribution is -0.143. The van der Waals surface area contributed by atoms with Gasteiger partial charge >= 0.3 is 5.97 Å². The number of pyridine rings is 1. The normalized spacial score (nSPS) is 11.9. The molecule has 0 spiro atoms. The lowest BCUT2D eigenvalue weighted by atomic mass is 10.1. The molecule has 0 aliphatic carbocycles. The molecule has 4 nitrogen and oxygen atoms in total. The van der Waals surface area contributed by atoms with Crippen LogP contribution in [-0.4, -0.2) is 28.2 Å². The number of aromatic nitrogens is 1. The average Bonchev–Trinajstić information content (AvgIpc) is 2.36. The SMILES string of the molecule is CCOC(=O)CCC(Br)C(=O)c1ccccn1. The molecule has 0 aliphatic rings. The smallest absolute Gasteiger partial charge is 0.305 e. The highest BCUT2D eigenvalue weighted by molar-refractivity contribution is 9.10. The van der Waals surface area contributed by atoms with Gasteiger partial charge < -0.3 is 4.74 Å². The van der Waals surface area contributed by atoms with Crippen LogP contribution in [0.5, 0.6) is 0 Å². The Hall–Kier alpha value is -1.23. The van der Waals surface area contributed by atoms with Gasteiger partial charge in [0.1, 0.15) is 5.69 Å². The fourth-order valence-corrected chi connectivity index (χ4v) is 1.74. The van der Waals surface area contributed by atoms with E-state index < -0.39 is 4.83 Å². The molecule has 0 aromatic carbocycles. The summed E-state index contributed by atoms with van der Waals surface area (Å²) in [6.45, 7) is 2.11. The first-order chi connectivity index (χ1) is 8.15. The Balaban J connectivity index is 2.45. The van der Waals surface area contributed by atoms with E-state index >= 15 is 0 Å².